The van der Waals surface area contributed by atoms with Crippen LogP contribution in [0.5, 0.6) is 0 Å². The topological polar surface area (TPSA) is 20.2 Å². The maximum atomic E-state index is 12.4. The van der Waals surface area contributed by atoms with E-state index in [9.17, 15) is 8.78 Å². The maximum absolute atomic E-state index is 12.4. The summed E-state index contributed by atoms with van der Waals surface area (Å²) in [7, 11) is 0. The van der Waals surface area contributed by atoms with Crippen LogP contribution >= 0.6 is 0 Å². The number of aliphatic hydroxyl groups excluding tert-OH is 1. The van der Waals surface area contributed by atoms with Gasteiger partial charge in [-0.2, -0.15) is 0 Å². The summed E-state index contributed by atoms with van der Waals surface area (Å²) in [4.78, 5) is 0. The van der Waals surface area contributed by atoms with Gasteiger partial charge in [0.25, 0.3) is 5.92 Å². The summed E-state index contributed by atoms with van der Waals surface area (Å²) in [5.41, 5.74) is -1.12. The van der Waals surface area contributed by atoms with Gasteiger partial charge in [-0.25, -0.2) is 8.78 Å². The van der Waals surface area contributed by atoms with Crippen molar-refractivity contribution in [3.05, 3.63) is 0 Å². The van der Waals surface area contributed by atoms with Crippen molar-refractivity contribution in [1.29, 1.82) is 0 Å². The van der Waals surface area contributed by atoms with Crippen LogP contribution in [-0.2, 0) is 0 Å². The van der Waals surface area contributed by atoms with E-state index in [-0.39, 0.29) is 6.42 Å². The molecule has 0 heterocycles. The summed E-state index contributed by atoms with van der Waals surface area (Å²) in [5.74, 6) is -2.62. The molecule has 1 atom stereocenters. The quantitative estimate of drug-likeness (QED) is 0.578. The molecule has 0 spiro atoms. The Morgan fingerprint density at radius 3 is 2.00 bits per heavy atom. The first-order valence-corrected chi connectivity index (χ1v) is 3.00. The smallest absolute Gasteiger partial charge is 0.255 e. The molecule has 1 rings (SSSR count). The maximum Gasteiger partial charge on any atom is 0.255 e. The highest BCUT2D eigenvalue weighted by molar-refractivity contribution is 4.98. The van der Waals surface area contributed by atoms with E-state index in [2.05, 4.69) is 0 Å². The second-order valence-electron chi connectivity index (χ2n) is 2.92. The summed E-state index contributed by atoms with van der Waals surface area (Å²) < 4.78 is 24.9. The Balaban J connectivity index is 2.62. The average Bonchev–Trinajstić information content (AvgIpc) is 1.84. The first kappa shape index (κ1) is 6.93. The Hall–Kier alpha value is -0.180. The molecule has 1 fully saturated rings. The summed E-state index contributed by atoms with van der Waals surface area (Å²) in [6, 6.07) is 0. The minimum atomic E-state index is -2.62. The van der Waals surface area contributed by atoms with Crippen LogP contribution < -0.4 is 0 Å². The summed E-state index contributed by atoms with van der Waals surface area (Å²) >= 11 is 0. The highest BCUT2D eigenvalue weighted by Crippen LogP contribution is 2.53. The molecular weight excluding hydrogens is 126 g/mol. The number of hydrogen-bond donors (Lipinski definition) is 1. The van der Waals surface area contributed by atoms with Crippen LogP contribution in [0.1, 0.15) is 19.8 Å². The molecule has 0 aliphatic heterocycles. The molecule has 1 aliphatic rings. The highest BCUT2D eigenvalue weighted by atomic mass is 19.3. The molecule has 1 unspecified atom stereocenters. The summed E-state index contributed by atoms with van der Waals surface area (Å²) in [5, 5.41) is 8.50. The fourth-order valence-electron chi connectivity index (χ4n) is 0.935. The van der Waals surface area contributed by atoms with Crippen molar-refractivity contribution in [2.45, 2.75) is 25.7 Å². The van der Waals surface area contributed by atoms with Gasteiger partial charge >= 0.3 is 0 Å². The van der Waals surface area contributed by atoms with Crippen molar-refractivity contribution in [3.8, 4) is 0 Å². The fraction of sp³-hybridized carbons (Fsp3) is 1.00. The molecule has 9 heavy (non-hydrogen) atoms. The zero-order chi connectivity index (χ0) is 7.12. The van der Waals surface area contributed by atoms with Crippen LogP contribution in [-0.4, -0.2) is 17.6 Å². The number of rotatable bonds is 1. The molecule has 0 amide bonds. The van der Waals surface area contributed by atoms with Crippen molar-refractivity contribution in [1.82, 2.24) is 0 Å². The van der Waals surface area contributed by atoms with E-state index in [4.69, 9.17) is 5.11 Å². The second kappa shape index (κ2) is 1.66. The predicted molar refractivity (Wildman–Crippen MR) is 29.4 cm³/mol. The second-order valence-corrected chi connectivity index (χ2v) is 2.92. The molecule has 0 aromatic rings. The van der Waals surface area contributed by atoms with Gasteiger partial charge in [-0.3, -0.25) is 0 Å². The minimum Gasteiger partial charge on any atom is -0.396 e. The van der Waals surface area contributed by atoms with Crippen molar-refractivity contribution in [2.75, 3.05) is 6.61 Å². The van der Waals surface area contributed by atoms with Crippen LogP contribution in [0, 0.1) is 5.41 Å². The van der Waals surface area contributed by atoms with Gasteiger partial charge in [0, 0.05) is 6.42 Å². The van der Waals surface area contributed by atoms with E-state index >= 15 is 0 Å². The van der Waals surface area contributed by atoms with Gasteiger partial charge in [0.1, 0.15) is 0 Å². The Morgan fingerprint density at radius 2 is 2.00 bits per heavy atom. The van der Waals surface area contributed by atoms with Gasteiger partial charge in [0.2, 0.25) is 0 Å². The summed E-state index contributed by atoms with van der Waals surface area (Å²) in [6.45, 7) is 1.01. The van der Waals surface area contributed by atoms with Gasteiger partial charge in [0.15, 0.2) is 0 Å². The monoisotopic (exact) mass is 136 g/mol. The first-order valence-electron chi connectivity index (χ1n) is 3.00. The van der Waals surface area contributed by atoms with E-state index in [1.807, 2.05) is 0 Å². The van der Waals surface area contributed by atoms with Crippen LogP contribution in [0.25, 0.3) is 0 Å². The molecule has 0 aromatic heterocycles. The van der Waals surface area contributed by atoms with Crippen molar-refractivity contribution in [2.24, 2.45) is 5.41 Å². The Labute approximate surface area is 52.7 Å². The SMILES string of the molecule is CC1(CO)CCC1(F)F. The third-order valence-corrected chi connectivity index (χ3v) is 2.22. The molecule has 1 saturated carbocycles. The molecule has 1 aliphatic carbocycles. The average molecular weight is 136 g/mol. The minimum absolute atomic E-state index is 0.0654. The van der Waals surface area contributed by atoms with E-state index in [1.54, 1.807) is 0 Å². The number of alkyl halides is 2. The molecule has 0 bridgehead atoms. The lowest BCUT2D eigenvalue weighted by molar-refractivity contribution is -0.208. The molecule has 1 N–H and O–H groups in total. The van der Waals surface area contributed by atoms with E-state index in [0.717, 1.165) is 0 Å². The predicted octanol–water partition coefficient (Wildman–Crippen LogP) is 1.41. The summed E-state index contributed by atoms with van der Waals surface area (Å²) in [6.07, 6.45) is 0.376. The van der Waals surface area contributed by atoms with Crippen molar-refractivity contribution < 1.29 is 13.9 Å². The largest absolute Gasteiger partial charge is 0.396 e. The van der Waals surface area contributed by atoms with Crippen molar-refractivity contribution in [3.63, 3.8) is 0 Å². The molecule has 54 valence electrons. The third-order valence-electron chi connectivity index (χ3n) is 2.22. The first-order chi connectivity index (χ1) is 4.02. The molecule has 1 nitrogen and oxygen atoms in total. The fourth-order valence-corrected chi connectivity index (χ4v) is 0.935. The van der Waals surface area contributed by atoms with Crippen LogP contribution in [0.3, 0.4) is 0 Å². The molecule has 0 saturated heterocycles. The van der Waals surface area contributed by atoms with Crippen LogP contribution in [0.2, 0.25) is 0 Å². The standard InChI is InChI=1S/C6H10F2O/c1-5(4-9)2-3-6(5,7)8/h9H,2-4H2,1H3. The van der Waals surface area contributed by atoms with E-state index < -0.39 is 17.9 Å². The zero-order valence-electron chi connectivity index (χ0n) is 5.32. The zero-order valence-corrected chi connectivity index (χ0v) is 5.32. The van der Waals surface area contributed by atoms with Gasteiger partial charge in [-0.05, 0) is 6.42 Å². The Morgan fingerprint density at radius 1 is 1.44 bits per heavy atom. The Bertz CT molecular complexity index is 120. The van der Waals surface area contributed by atoms with Gasteiger partial charge in [0.05, 0.1) is 12.0 Å². The Kier molecular flexibility index (Phi) is 1.28. The molecule has 0 radical (unpaired) electrons. The number of halogens is 2. The van der Waals surface area contributed by atoms with Gasteiger partial charge in [-0.15, -0.1) is 0 Å². The van der Waals surface area contributed by atoms with E-state index in [1.165, 1.54) is 6.92 Å². The third kappa shape index (κ3) is 0.748. The molecule has 3 heteroatoms. The molecular formula is C6H10F2O. The lowest BCUT2D eigenvalue weighted by atomic mass is 9.67. The lowest BCUT2D eigenvalue weighted by Crippen LogP contribution is -2.51. The normalized spacial score (nSPS) is 40.0. The highest BCUT2D eigenvalue weighted by Gasteiger charge is 2.57. The van der Waals surface area contributed by atoms with Gasteiger partial charge < -0.3 is 5.11 Å². The van der Waals surface area contributed by atoms with Gasteiger partial charge in [-0.1, -0.05) is 6.92 Å². The number of aliphatic hydroxyl groups is 1. The lowest BCUT2D eigenvalue weighted by Gasteiger charge is -2.45. The van der Waals surface area contributed by atoms with Crippen LogP contribution in [0.15, 0.2) is 0 Å². The van der Waals surface area contributed by atoms with Crippen molar-refractivity contribution >= 4 is 0 Å². The molecule has 0 aromatic carbocycles. The van der Waals surface area contributed by atoms with E-state index in [0.29, 0.717) is 6.42 Å². The number of hydrogen-bond acceptors (Lipinski definition) is 1. The van der Waals surface area contributed by atoms with Crippen LogP contribution in [0.4, 0.5) is 8.78 Å².